The van der Waals surface area contributed by atoms with E-state index in [0.29, 0.717) is 0 Å². The first-order valence-corrected chi connectivity index (χ1v) is 11.0. The number of aliphatic carboxylic acids is 1. The molecule has 9 nitrogen and oxygen atoms in total. The minimum Gasteiger partial charge on any atom is -0.481 e. The van der Waals surface area contributed by atoms with E-state index in [-0.39, 0.29) is 30.6 Å². The van der Waals surface area contributed by atoms with E-state index in [1.807, 2.05) is 0 Å². The van der Waals surface area contributed by atoms with Crippen LogP contribution in [0.1, 0.15) is 83.5 Å². The van der Waals surface area contributed by atoms with Gasteiger partial charge in [-0.05, 0) is 31.6 Å². The summed E-state index contributed by atoms with van der Waals surface area (Å²) in [6.45, 7) is 0. The summed E-state index contributed by atoms with van der Waals surface area (Å²) in [6, 6.07) is -0.906. The Balaban J connectivity index is 1.97. The Hall–Kier alpha value is -2.45. The zero-order chi connectivity index (χ0) is 21.9. The average molecular weight is 424 g/mol. The van der Waals surface area contributed by atoms with E-state index in [1.54, 1.807) is 0 Å². The fourth-order valence-electron chi connectivity index (χ4n) is 4.29. The van der Waals surface area contributed by atoms with Gasteiger partial charge in [0.15, 0.2) is 0 Å². The van der Waals surface area contributed by atoms with Gasteiger partial charge in [0.25, 0.3) is 0 Å². The first-order valence-electron chi connectivity index (χ1n) is 11.0. The van der Waals surface area contributed by atoms with Gasteiger partial charge in [-0.25, -0.2) is 0 Å². The molecule has 1 unspecified atom stereocenters. The quantitative estimate of drug-likeness (QED) is 0.265. The van der Waals surface area contributed by atoms with Crippen LogP contribution in [0.3, 0.4) is 0 Å². The Labute approximate surface area is 176 Å². The highest BCUT2D eigenvalue weighted by Crippen LogP contribution is 2.28. The zero-order valence-electron chi connectivity index (χ0n) is 17.4. The van der Waals surface area contributed by atoms with Crippen LogP contribution < -0.4 is 16.2 Å². The van der Waals surface area contributed by atoms with Gasteiger partial charge >= 0.3 is 11.9 Å². The van der Waals surface area contributed by atoms with Crippen LogP contribution in [0.4, 0.5) is 0 Å². The van der Waals surface area contributed by atoms with Crippen molar-refractivity contribution >= 4 is 29.5 Å². The monoisotopic (exact) mass is 423 g/mol. The molecule has 0 bridgehead atoms. The number of Topliss-reactive ketones (excluding diaryl/α,β-unsaturated/α-hetero) is 1. The number of rotatable bonds is 8. The zero-order valence-corrected chi connectivity index (χ0v) is 17.4. The number of ketones is 1. The van der Waals surface area contributed by atoms with E-state index in [4.69, 9.17) is 5.11 Å². The lowest BCUT2D eigenvalue weighted by molar-refractivity contribution is -0.143. The predicted molar refractivity (Wildman–Crippen MR) is 108 cm³/mol. The molecule has 2 aliphatic rings. The van der Waals surface area contributed by atoms with E-state index in [9.17, 15) is 24.0 Å². The second-order valence-corrected chi connectivity index (χ2v) is 8.33. The molecule has 168 valence electrons. The maximum absolute atomic E-state index is 12.8. The van der Waals surface area contributed by atoms with Crippen LogP contribution >= 0.6 is 0 Å². The van der Waals surface area contributed by atoms with Gasteiger partial charge in [-0.3, -0.25) is 34.8 Å². The molecule has 0 aromatic carbocycles. The summed E-state index contributed by atoms with van der Waals surface area (Å²) in [6.07, 6.45) is 9.59. The molecule has 1 atom stereocenters. The number of nitrogens with one attached hydrogen (secondary N) is 3. The van der Waals surface area contributed by atoms with Gasteiger partial charge in [0.1, 0.15) is 6.04 Å². The SMILES string of the molecule is O=C(O)CCC(=O)NNC(=O)C(=O)C(NC(=O)C1CCCCCC1)C1CCCCC1. The maximum Gasteiger partial charge on any atom is 0.307 e. The van der Waals surface area contributed by atoms with Gasteiger partial charge in [0, 0.05) is 12.3 Å². The van der Waals surface area contributed by atoms with Gasteiger partial charge in [-0.1, -0.05) is 44.9 Å². The number of amides is 3. The first kappa shape index (κ1) is 23.8. The molecule has 2 rings (SSSR count). The smallest absolute Gasteiger partial charge is 0.307 e. The molecular weight excluding hydrogens is 390 g/mol. The fourth-order valence-corrected chi connectivity index (χ4v) is 4.29. The Morgan fingerprint density at radius 1 is 0.767 bits per heavy atom. The van der Waals surface area contributed by atoms with Crippen LogP contribution in [0.2, 0.25) is 0 Å². The van der Waals surface area contributed by atoms with Crippen molar-refractivity contribution in [1.82, 2.24) is 16.2 Å². The summed E-state index contributed by atoms with van der Waals surface area (Å²) in [5, 5.41) is 11.4. The number of hydrogen-bond donors (Lipinski definition) is 4. The third kappa shape index (κ3) is 7.76. The minimum atomic E-state index is -1.13. The minimum absolute atomic E-state index is 0.102. The van der Waals surface area contributed by atoms with Gasteiger partial charge in [0.2, 0.25) is 17.6 Å². The van der Waals surface area contributed by atoms with Crippen molar-refractivity contribution in [2.45, 2.75) is 89.5 Å². The molecule has 2 saturated carbocycles. The molecule has 9 heteroatoms. The molecule has 0 aliphatic heterocycles. The Morgan fingerprint density at radius 3 is 1.93 bits per heavy atom. The highest BCUT2D eigenvalue weighted by molar-refractivity contribution is 6.38. The molecule has 0 heterocycles. The largest absolute Gasteiger partial charge is 0.481 e. The summed E-state index contributed by atoms with van der Waals surface area (Å²) in [7, 11) is 0. The predicted octanol–water partition coefficient (Wildman–Crippen LogP) is 1.60. The number of carbonyl (C=O) groups excluding carboxylic acids is 4. The highest BCUT2D eigenvalue weighted by atomic mass is 16.4. The van der Waals surface area contributed by atoms with Gasteiger partial charge in [-0.15, -0.1) is 0 Å². The van der Waals surface area contributed by atoms with Gasteiger partial charge < -0.3 is 10.4 Å². The third-order valence-corrected chi connectivity index (χ3v) is 6.03. The van der Waals surface area contributed by atoms with Crippen molar-refractivity contribution in [2.75, 3.05) is 0 Å². The number of hydrogen-bond acceptors (Lipinski definition) is 5. The van der Waals surface area contributed by atoms with E-state index >= 15 is 0 Å². The number of carboxylic acids is 1. The van der Waals surface area contributed by atoms with E-state index in [2.05, 4.69) is 16.2 Å². The number of hydrazine groups is 1. The molecule has 0 aromatic rings. The fraction of sp³-hybridized carbons (Fsp3) is 0.762. The van der Waals surface area contributed by atoms with Crippen LogP contribution in [0.25, 0.3) is 0 Å². The van der Waals surface area contributed by atoms with Crippen molar-refractivity contribution in [3.05, 3.63) is 0 Å². The molecule has 2 fully saturated rings. The molecule has 4 N–H and O–H groups in total. The highest BCUT2D eigenvalue weighted by Gasteiger charge is 2.36. The lowest BCUT2D eigenvalue weighted by Gasteiger charge is -2.30. The Bertz CT molecular complexity index is 637. The second-order valence-electron chi connectivity index (χ2n) is 8.33. The maximum atomic E-state index is 12.8. The van der Waals surface area contributed by atoms with Crippen molar-refractivity contribution in [1.29, 1.82) is 0 Å². The van der Waals surface area contributed by atoms with Gasteiger partial charge in [0.05, 0.1) is 6.42 Å². The molecule has 3 amide bonds. The normalized spacial score (nSPS) is 19.2. The van der Waals surface area contributed by atoms with Crippen LogP contribution in [0.5, 0.6) is 0 Å². The summed E-state index contributed by atoms with van der Waals surface area (Å²) in [5.41, 5.74) is 4.12. The molecule has 0 radical (unpaired) electrons. The van der Waals surface area contributed by atoms with E-state index < -0.39 is 29.6 Å². The van der Waals surface area contributed by atoms with Gasteiger partial charge in [-0.2, -0.15) is 0 Å². The summed E-state index contributed by atoms with van der Waals surface area (Å²) in [4.78, 5) is 60.1. The van der Waals surface area contributed by atoms with Crippen molar-refractivity contribution in [2.24, 2.45) is 11.8 Å². The Morgan fingerprint density at radius 2 is 1.33 bits per heavy atom. The first-order chi connectivity index (χ1) is 14.4. The number of carbonyl (C=O) groups is 5. The average Bonchev–Trinajstić information content (AvgIpc) is 3.04. The second kappa shape index (κ2) is 12.3. The topological polar surface area (TPSA) is 142 Å². The van der Waals surface area contributed by atoms with Crippen LogP contribution in [0.15, 0.2) is 0 Å². The standard InChI is InChI=1S/C21H33N3O6/c25-16(12-13-17(26)27)23-24-21(30)19(28)18(14-8-6-3-7-9-14)22-20(29)15-10-4-1-2-5-11-15/h14-15,18H,1-13H2,(H,22,29)(H,23,25)(H,24,30)(H,26,27). The Kier molecular flexibility index (Phi) is 9.76. The molecule has 30 heavy (non-hydrogen) atoms. The number of carboxylic acid groups (broad SMARTS) is 1. The van der Waals surface area contributed by atoms with Crippen LogP contribution in [-0.2, 0) is 24.0 Å². The van der Waals surface area contributed by atoms with Crippen molar-refractivity contribution < 1.29 is 29.1 Å². The molecule has 2 aliphatic carbocycles. The van der Waals surface area contributed by atoms with E-state index in [1.165, 1.54) is 0 Å². The van der Waals surface area contributed by atoms with Crippen LogP contribution in [0, 0.1) is 11.8 Å². The van der Waals surface area contributed by atoms with Crippen LogP contribution in [-0.4, -0.2) is 40.6 Å². The summed E-state index contributed by atoms with van der Waals surface area (Å²) in [5.74, 6) is -4.02. The van der Waals surface area contributed by atoms with E-state index in [0.717, 1.165) is 70.6 Å². The van der Waals surface area contributed by atoms with Crippen molar-refractivity contribution in [3.8, 4) is 0 Å². The summed E-state index contributed by atoms with van der Waals surface area (Å²) >= 11 is 0. The molecular formula is C21H33N3O6. The lowest BCUT2D eigenvalue weighted by Crippen LogP contribution is -2.55. The molecule has 0 spiro atoms. The molecule has 0 aromatic heterocycles. The summed E-state index contributed by atoms with van der Waals surface area (Å²) < 4.78 is 0. The lowest BCUT2D eigenvalue weighted by atomic mass is 9.81. The molecule has 0 saturated heterocycles. The third-order valence-electron chi connectivity index (χ3n) is 6.03. The van der Waals surface area contributed by atoms with Crippen molar-refractivity contribution in [3.63, 3.8) is 0 Å².